The molecule has 0 amide bonds. The molecule has 0 spiro atoms. The minimum Gasteiger partial charge on any atom is -0.375 e. The van der Waals surface area contributed by atoms with E-state index in [1.165, 1.54) is 12.0 Å². The lowest BCUT2D eigenvalue weighted by atomic mass is 10.2. The first-order chi connectivity index (χ1) is 9.65. The van der Waals surface area contributed by atoms with Crippen LogP contribution < -0.4 is 5.73 Å². The number of ether oxygens (including phenoxy) is 1. The molecular weight excluding hydrogens is 286 g/mol. The maximum absolute atomic E-state index is 6.16. The summed E-state index contributed by atoms with van der Waals surface area (Å²) in [6.45, 7) is 4.47. The zero-order valence-corrected chi connectivity index (χ0v) is 13.9. The summed E-state index contributed by atoms with van der Waals surface area (Å²) < 4.78 is 5.70. The van der Waals surface area contributed by atoms with Crippen molar-refractivity contribution >= 4 is 12.4 Å². The van der Waals surface area contributed by atoms with Crippen LogP contribution in [0.3, 0.4) is 0 Å². The second kappa shape index (κ2) is 9.38. The number of halogens is 1. The topological polar surface area (TPSA) is 41.7 Å². The number of nitrogens with two attached hydrogens (primary N) is 1. The Morgan fingerprint density at radius 1 is 1.33 bits per heavy atom. The number of hydrogen-bond donors (Lipinski definition) is 1. The zero-order valence-electron chi connectivity index (χ0n) is 13.1. The fourth-order valence-electron chi connectivity index (χ4n) is 2.69. The summed E-state index contributed by atoms with van der Waals surface area (Å²) in [6.07, 6.45) is 1.24. The summed E-state index contributed by atoms with van der Waals surface area (Å²) >= 11 is 0. The largest absolute Gasteiger partial charge is 0.375 e. The van der Waals surface area contributed by atoms with E-state index in [-0.39, 0.29) is 18.4 Å². The number of nitrogens with zero attached hydrogens (tertiary/aromatic N) is 2. The van der Waals surface area contributed by atoms with Gasteiger partial charge >= 0.3 is 0 Å². The van der Waals surface area contributed by atoms with Crippen molar-refractivity contribution < 1.29 is 4.74 Å². The van der Waals surface area contributed by atoms with Crippen LogP contribution in [0.5, 0.6) is 0 Å². The van der Waals surface area contributed by atoms with Crippen LogP contribution in [0.1, 0.15) is 12.0 Å². The average Bonchev–Trinajstić information content (AvgIpc) is 2.88. The van der Waals surface area contributed by atoms with Crippen LogP contribution in [0.4, 0.5) is 0 Å². The molecule has 21 heavy (non-hydrogen) atoms. The number of hydrogen-bond acceptors (Lipinski definition) is 4. The predicted octanol–water partition coefficient (Wildman–Crippen LogP) is 1.59. The van der Waals surface area contributed by atoms with E-state index in [9.17, 15) is 0 Å². The van der Waals surface area contributed by atoms with Gasteiger partial charge in [0.15, 0.2) is 0 Å². The van der Waals surface area contributed by atoms with Gasteiger partial charge in [-0.15, -0.1) is 12.4 Å². The monoisotopic (exact) mass is 313 g/mol. The summed E-state index contributed by atoms with van der Waals surface area (Å²) in [7, 11) is 4.30. The summed E-state index contributed by atoms with van der Waals surface area (Å²) in [5.41, 5.74) is 7.36. The van der Waals surface area contributed by atoms with Crippen molar-refractivity contribution in [3.63, 3.8) is 0 Å². The lowest BCUT2D eigenvalue weighted by molar-refractivity contribution is 0.0974. The third-order valence-corrected chi connectivity index (χ3v) is 3.91. The Bertz CT molecular complexity index is 388. The SMILES string of the molecule is CN(C)C1CCN(C[C@H](N)COCc2ccccc2)C1.Cl. The molecule has 5 heteroatoms. The highest BCUT2D eigenvalue weighted by molar-refractivity contribution is 5.85. The van der Waals surface area contributed by atoms with Crippen molar-refractivity contribution in [2.45, 2.75) is 25.1 Å². The average molecular weight is 314 g/mol. The minimum absolute atomic E-state index is 0. The Hall–Kier alpha value is -0.650. The van der Waals surface area contributed by atoms with Gasteiger partial charge in [0, 0.05) is 25.2 Å². The first kappa shape index (κ1) is 18.4. The summed E-state index contributed by atoms with van der Waals surface area (Å²) in [4.78, 5) is 4.75. The molecule has 1 heterocycles. The fourth-order valence-corrected chi connectivity index (χ4v) is 2.69. The van der Waals surface area contributed by atoms with Crippen molar-refractivity contribution in [2.24, 2.45) is 5.73 Å². The molecular formula is C16H28ClN3O. The van der Waals surface area contributed by atoms with Crippen LogP contribution in [0, 0.1) is 0 Å². The summed E-state index contributed by atoms with van der Waals surface area (Å²) in [5, 5.41) is 0. The molecule has 2 atom stereocenters. The van der Waals surface area contributed by atoms with Gasteiger partial charge in [0.05, 0.1) is 13.2 Å². The number of benzene rings is 1. The molecule has 1 aromatic carbocycles. The molecule has 1 aromatic rings. The molecule has 2 N–H and O–H groups in total. The van der Waals surface area contributed by atoms with E-state index in [0.29, 0.717) is 19.3 Å². The predicted molar refractivity (Wildman–Crippen MR) is 89.9 cm³/mol. The van der Waals surface area contributed by atoms with Crippen LogP contribution in [-0.2, 0) is 11.3 Å². The Labute approximate surface area is 134 Å². The first-order valence-electron chi connectivity index (χ1n) is 7.41. The highest BCUT2D eigenvalue weighted by Crippen LogP contribution is 2.13. The van der Waals surface area contributed by atoms with E-state index in [2.05, 4.69) is 36.0 Å². The van der Waals surface area contributed by atoms with Gasteiger partial charge in [-0.2, -0.15) is 0 Å². The minimum atomic E-state index is 0. The lowest BCUT2D eigenvalue weighted by Crippen LogP contribution is -2.40. The molecule has 1 fully saturated rings. The molecule has 1 aliphatic heterocycles. The van der Waals surface area contributed by atoms with Gasteiger partial charge in [-0.05, 0) is 32.6 Å². The smallest absolute Gasteiger partial charge is 0.0717 e. The van der Waals surface area contributed by atoms with Crippen LogP contribution in [0.2, 0.25) is 0 Å². The maximum Gasteiger partial charge on any atom is 0.0717 e. The van der Waals surface area contributed by atoms with E-state index in [0.717, 1.165) is 19.6 Å². The highest BCUT2D eigenvalue weighted by atomic mass is 35.5. The molecule has 0 bridgehead atoms. The van der Waals surface area contributed by atoms with Gasteiger partial charge in [-0.1, -0.05) is 30.3 Å². The van der Waals surface area contributed by atoms with Crippen molar-refractivity contribution in [3.05, 3.63) is 35.9 Å². The van der Waals surface area contributed by atoms with Gasteiger partial charge in [0.25, 0.3) is 0 Å². The Kier molecular flexibility index (Phi) is 8.22. The molecule has 0 aliphatic carbocycles. The molecule has 1 aliphatic rings. The molecule has 0 radical (unpaired) electrons. The standard InChI is InChI=1S/C16H27N3O.ClH/c1-18(2)16-8-9-19(11-16)10-15(17)13-20-12-14-6-4-3-5-7-14;/h3-7,15-16H,8-13,17H2,1-2H3;1H/t15-,16?;/m0./s1. The quantitative estimate of drug-likeness (QED) is 0.830. The van der Waals surface area contributed by atoms with Crippen molar-refractivity contribution in [1.82, 2.24) is 9.80 Å². The molecule has 0 aromatic heterocycles. The second-order valence-corrected chi connectivity index (χ2v) is 5.93. The molecule has 1 saturated heterocycles. The van der Waals surface area contributed by atoms with Crippen LogP contribution in [0.15, 0.2) is 30.3 Å². The summed E-state index contributed by atoms with van der Waals surface area (Å²) in [6, 6.07) is 11.0. The van der Waals surface area contributed by atoms with Crippen molar-refractivity contribution in [3.8, 4) is 0 Å². The van der Waals surface area contributed by atoms with Crippen LogP contribution >= 0.6 is 12.4 Å². The van der Waals surface area contributed by atoms with Gasteiger partial charge < -0.3 is 20.3 Å². The molecule has 1 unspecified atom stereocenters. The van der Waals surface area contributed by atoms with Gasteiger partial charge in [-0.3, -0.25) is 0 Å². The molecule has 4 nitrogen and oxygen atoms in total. The molecule has 0 saturated carbocycles. The Morgan fingerprint density at radius 3 is 2.67 bits per heavy atom. The zero-order chi connectivity index (χ0) is 14.4. The number of likely N-dealkylation sites (tertiary alicyclic amines) is 1. The van der Waals surface area contributed by atoms with Crippen molar-refractivity contribution in [1.29, 1.82) is 0 Å². The van der Waals surface area contributed by atoms with E-state index in [4.69, 9.17) is 10.5 Å². The Balaban J connectivity index is 0.00000220. The second-order valence-electron chi connectivity index (χ2n) is 5.93. The number of likely N-dealkylation sites (N-methyl/N-ethyl adjacent to an activating group) is 1. The van der Waals surface area contributed by atoms with Crippen LogP contribution in [0.25, 0.3) is 0 Å². The van der Waals surface area contributed by atoms with Gasteiger partial charge in [0.1, 0.15) is 0 Å². The van der Waals surface area contributed by atoms with E-state index in [1.807, 2.05) is 18.2 Å². The van der Waals surface area contributed by atoms with E-state index >= 15 is 0 Å². The fraction of sp³-hybridized carbons (Fsp3) is 0.625. The lowest BCUT2D eigenvalue weighted by Gasteiger charge is -2.22. The van der Waals surface area contributed by atoms with E-state index in [1.54, 1.807) is 0 Å². The summed E-state index contributed by atoms with van der Waals surface area (Å²) in [5.74, 6) is 0. The van der Waals surface area contributed by atoms with E-state index < -0.39 is 0 Å². The van der Waals surface area contributed by atoms with Gasteiger partial charge in [-0.25, -0.2) is 0 Å². The number of rotatable bonds is 7. The van der Waals surface area contributed by atoms with Gasteiger partial charge in [0.2, 0.25) is 0 Å². The molecule has 120 valence electrons. The highest BCUT2D eigenvalue weighted by Gasteiger charge is 2.24. The van der Waals surface area contributed by atoms with Crippen molar-refractivity contribution in [2.75, 3.05) is 40.3 Å². The molecule has 2 rings (SSSR count). The normalized spacial score (nSPS) is 20.5. The van der Waals surface area contributed by atoms with Crippen LogP contribution in [-0.4, -0.2) is 62.2 Å². The Morgan fingerprint density at radius 2 is 2.05 bits per heavy atom. The third kappa shape index (κ3) is 6.32. The third-order valence-electron chi connectivity index (χ3n) is 3.91. The maximum atomic E-state index is 6.16. The first-order valence-corrected chi connectivity index (χ1v) is 7.41.